The summed E-state index contributed by atoms with van der Waals surface area (Å²) in [5.74, 6) is -0.488. The number of nitro groups is 1. The number of hydrogen-bond acceptors (Lipinski definition) is 5. The van der Waals surface area contributed by atoms with Crippen molar-refractivity contribution in [2.45, 2.75) is 6.54 Å². The van der Waals surface area contributed by atoms with Crippen molar-refractivity contribution >= 4 is 23.1 Å². The summed E-state index contributed by atoms with van der Waals surface area (Å²) in [4.78, 5) is 35.4. The fourth-order valence-corrected chi connectivity index (χ4v) is 2.75. The van der Waals surface area contributed by atoms with Crippen LogP contribution in [0.3, 0.4) is 0 Å². The third-order valence-corrected chi connectivity index (χ3v) is 4.18. The second-order valence-electron chi connectivity index (χ2n) is 6.15. The molecule has 1 N–H and O–H groups in total. The Hall–Kier alpha value is -4.07. The Morgan fingerprint density at radius 1 is 1.07 bits per heavy atom. The van der Waals surface area contributed by atoms with Gasteiger partial charge in [0.1, 0.15) is 5.69 Å². The first-order chi connectivity index (χ1) is 14.0. The van der Waals surface area contributed by atoms with Gasteiger partial charge in [-0.2, -0.15) is 4.57 Å². The molecule has 0 atom stereocenters. The molecule has 29 heavy (non-hydrogen) atoms. The van der Waals surface area contributed by atoms with E-state index < -0.39 is 4.92 Å². The number of nitrogens with one attached hydrogen (secondary N) is 1. The van der Waals surface area contributed by atoms with Gasteiger partial charge >= 0.3 is 5.69 Å². The fourth-order valence-electron chi connectivity index (χ4n) is 2.75. The average molecular weight is 392 g/mol. The van der Waals surface area contributed by atoms with E-state index in [0.29, 0.717) is 11.3 Å². The van der Waals surface area contributed by atoms with E-state index in [0.717, 1.165) is 0 Å². The van der Waals surface area contributed by atoms with Crippen molar-refractivity contribution in [3.8, 4) is 5.75 Å². The minimum Gasteiger partial charge on any atom is -0.490 e. The number of methoxy groups -OCH3 is 1. The summed E-state index contributed by atoms with van der Waals surface area (Å²) in [6.45, 7) is -0.0431. The number of rotatable bonds is 7. The highest BCUT2D eigenvalue weighted by Gasteiger charge is 2.20. The summed E-state index contributed by atoms with van der Waals surface area (Å²) in [5.41, 5.74) is 0.968. The normalized spacial score (nSPS) is 10.2. The van der Waals surface area contributed by atoms with Crippen LogP contribution in [0, 0.1) is 10.1 Å². The molecule has 0 spiro atoms. The van der Waals surface area contributed by atoms with Crippen molar-refractivity contribution in [3.05, 3.63) is 94.3 Å². The highest BCUT2D eigenvalue weighted by Crippen LogP contribution is 2.27. The molecular weight excluding hydrogens is 374 g/mol. The first-order valence-corrected chi connectivity index (χ1v) is 8.69. The van der Waals surface area contributed by atoms with E-state index in [9.17, 15) is 19.7 Å². The zero-order valence-electron chi connectivity index (χ0n) is 15.6. The van der Waals surface area contributed by atoms with E-state index in [2.05, 4.69) is 5.32 Å². The van der Waals surface area contributed by atoms with Crippen molar-refractivity contribution in [3.63, 3.8) is 0 Å². The molecule has 1 heterocycles. The van der Waals surface area contributed by atoms with Crippen LogP contribution in [-0.4, -0.2) is 23.7 Å². The van der Waals surface area contributed by atoms with Gasteiger partial charge in [0, 0.05) is 23.3 Å². The van der Waals surface area contributed by atoms with Gasteiger partial charge in [0.25, 0.3) is 5.91 Å². The highest BCUT2D eigenvalue weighted by atomic mass is 16.6. The molecule has 0 saturated heterocycles. The maximum atomic E-state index is 12.6. The molecule has 1 aromatic heterocycles. The minimum atomic E-state index is -0.595. The van der Waals surface area contributed by atoms with Crippen molar-refractivity contribution in [1.82, 2.24) is 0 Å². The van der Waals surface area contributed by atoms with Gasteiger partial charge in [-0.3, -0.25) is 19.7 Å². The number of Topliss-reactive ketones (excluding diaryl/α,β-unsaturated/α-hetero) is 1. The van der Waals surface area contributed by atoms with Gasteiger partial charge in [0.2, 0.25) is 12.3 Å². The number of carbonyl (C=O) groups excluding carboxylic acids is 2. The minimum absolute atomic E-state index is 0.0431. The van der Waals surface area contributed by atoms with Crippen molar-refractivity contribution in [2.24, 2.45) is 0 Å². The number of nitro benzene ring substituents is 1. The molecule has 3 aromatic rings. The highest BCUT2D eigenvalue weighted by molar-refractivity contribution is 6.04. The monoisotopic (exact) mass is 392 g/mol. The van der Waals surface area contributed by atoms with Crippen LogP contribution >= 0.6 is 0 Å². The molecule has 0 aliphatic carbocycles. The van der Waals surface area contributed by atoms with E-state index >= 15 is 0 Å². The average Bonchev–Trinajstić information content (AvgIpc) is 2.74. The number of benzene rings is 2. The molecule has 0 aliphatic heterocycles. The van der Waals surface area contributed by atoms with E-state index in [1.807, 2.05) is 6.07 Å². The Morgan fingerprint density at radius 2 is 1.83 bits per heavy atom. The van der Waals surface area contributed by atoms with Crippen molar-refractivity contribution < 1.29 is 23.8 Å². The standard InChI is InChI=1S/C21H17N3O5/c1-29-20-10-9-16(12-18(20)24(27)28)19(25)14-23-11-5-8-17(13-23)22-21(26)15-6-3-2-4-7-15/h2-13H,14H2,1H3/p+1. The lowest BCUT2D eigenvalue weighted by Gasteiger charge is -2.05. The van der Waals surface area contributed by atoms with Crippen molar-refractivity contribution in [1.29, 1.82) is 0 Å². The lowest BCUT2D eigenvalue weighted by Crippen LogP contribution is -2.37. The number of aromatic nitrogens is 1. The molecule has 0 saturated carbocycles. The predicted octanol–water partition coefficient (Wildman–Crippen LogP) is 3.03. The van der Waals surface area contributed by atoms with Crippen LogP contribution < -0.4 is 14.6 Å². The summed E-state index contributed by atoms with van der Waals surface area (Å²) < 4.78 is 6.55. The maximum absolute atomic E-state index is 12.6. The lowest BCUT2D eigenvalue weighted by molar-refractivity contribution is -0.682. The SMILES string of the molecule is COc1ccc(C(=O)C[n+]2cccc(NC(=O)c3ccccc3)c2)cc1[N+](=O)[O-]. The number of pyridine rings is 1. The zero-order chi connectivity index (χ0) is 20.8. The smallest absolute Gasteiger partial charge is 0.311 e. The summed E-state index contributed by atoms with van der Waals surface area (Å²) in [6.07, 6.45) is 3.30. The van der Waals surface area contributed by atoms with Crippen LogP contribution in [0.5, 0.6) is 5.75 Å². The largest absolute Gasteiger partial charge is 0.490 e. The summed E-state index contributed by atoms with van der Waals surface area (Å²) in [6, 6.07) is 16.2. The third kappa shape index (κ3) is 4.81. The molecule has 0 unspecified atom stereocenters. The van der Waals surface area contributed by atoms with Crippen LogP contribution in [0.1, 0.15) is 20.7 Å². The predicted molar refractivity (Wildman–Crippen MR) is 105 cm³/mol. The Kier molecular flexibility index (Phi) is 5.94. The Bertz CT molecular complexity index is 1070. The van der Waals surface area contributed by atoms with Gasteiger partial charge in [0.15, 0.2) is 18.1 Å². The fraction of sp³-hybridized carbons (Fsp3) is 0.0952. The molecule has 0 aliphatic rings. The van der Waals surface area contributed by atoms with E-state index in [1.165, 1.54) is 25.3 Å². The number of nitrogens with zero attached hydrogens (tertiary/aromatic N) is 2. The van der Waals surface area contributed by atoms with E-state index in [4.69, 9.17) is 4.74 Å². The molecule has 146 valence electrons. The molecule has 3 rings (SSSR count). The van der Waals surface area contributed by atoms with Crippen LogP contribution in [-0.2, 0) is 6.54 Å². The third-order valence-electron chi connectivity index (χ3n) is 4.18. The van der Waals surface area contributed by atoms with E-state index in [1.54, 1.807) is 53.4 Å². The number of carbonyl (C=O) groups is 2. The van der Waals surface area contributed by atoms with Crippen LogP contribution in [0.15, 0.2) is 73.1 Å². The zero-order valence-corrected chi connectivity index (χ0v) is 15.6. The number of anilines is 1. The van der Waals surface area contributed by atoms with Gasteiger partial charge in [0.05, 0.1) is 12.0 Å². The number of ketones is 1. The maximum Gasteiger partial charge on any atom is 0.311 e. The van der Waals surface area contributed by atoms with Crippen LogP contribution in [0.2, 0.25) is 0 Å². The Labute approximate surface area is 166 Å². The first-order valence-electron chi connectivity index (χ1n) is 8.69. The molecule has 1 amide bonds. The summed E-state index contributed by atoms with van der Waals surface area (Å²) >= 11 is 0. The topological polar surface area (TPSA) is 102 Å². The Morgan fingerprint density at radius 3 is 2.52 bits per heavy atom. The van der Waals surface area contributed by atoms with Crippen LogP contribution in [0.25, 0.3) is 0 Å². The lowest BCUT2D eigenvalue weighted by atomic mass is 10.1. The summed E-state index contributed by atoms with van der Waals surface area (Å²) in [5, 5.41) is 13.9. The molecular formula is C21H18N3O5+. The van der Waals surface area contributed by atoms with Crippen molar-refractivity contribution in [2.75, 3.05) is 12.4 Å². The van der Waals surface area contributed by atoms with Gasteiger partial charge in [-0.1, -0.05) is 18.2 Å². The molecule has 0 radical (unpaired) electrons. The number of amides is 1. The molecule has 8 nitrogen and oxygen atoms in total. The van der Waals surface area contributed by atoms with Crippen LogP contribution in [0.4, 0.5) is 11.4 Å². The molecule has 0 bridgehead atoms. The second kappa shape index (κ2) is 8.75. The van der Waals surface area contributed by atoms with E-state index in [-0.39, 0.29) is 35.2 Å². The Balaban J connectivity index is 1.75. The molecule has 2 aromatic carbocycles. The van der Waals surface area contributed by atoms with Gasteiger partial charge in [-0.25, -0.2) is 0 Å². The van der Waals surface area contributed by atoms with Gasteiger partial charge in [-0.15, -0.1) is 0 Å². The summed E-state index contributed by atoms with van der Waals surface area (Å²) in [7, 11) is 1.33. The second-order valence-corrected chi connectivity index (χ2v) is 6.15. The molecule has 0 fully saturated rings. The number of ether oxygens (including phenoxy) is 1. The number of hydrogen-bond donors (Lipinski definition) is 1. The first kappa shape index (κ1) is 19.7. The quantitative estimate of drug-likeness (QED) is 0.288. The van der Waals surface area contributed by atoms with Gasteiger partial charge in [-0.05, 0) is 30.3 Å². The molecule has 8 heteroatoms. The van der Waals surface area contributed by atoms with Gasteiger partial charge < -0.3 is 10.1 Å².